The van der Waals surface area contributed by atoms with Gasteiger partial charge in [0.05, 0.1) is 14.2 Å². The van der Waals surface area contributed by atoms with Crippen molar-refractivity contribution < 1.29 is 19.1 Å². The van der Waals surface area contributed by atoms with Crippen LogP contribution < -0.4 is 14.8 Å². The first kappa shape index (κ1) is 24.5. The highest BCUT2D eigenvalue weighted by molar-refractivity contribution is 6.30. The first-order chi connectivity index (χ1) is 14.7. The van der Waals surface area contributed by atoms with E-state index in [1.54, 1.807) is 32.1 Å². The van der Waals surface area contributed by atoms with Gasteiger partial charge in [0.1, 0.15) is 6.04 Å². The minimum atomic E-state index is -0.612. The predicted octanol–water partition coefficient (Wildman–Crippen LogP) is 4.23. The fraction of sp³-hybridized carbons (Fsp3) is 0.417. The van der Waals surface area contributed by atoms with E-state index in [0.717, 1.165) is 11.1 Å². The van der Waals surface area contributed by atoms with Gasteiger partial charge in [0.2, 0.25) is 11.8 Å². The predicted molar refractivity (Wildman–Crippen MR) is 123 cm³/mol. The molecule has 0 aliphatic carbocycles. The molecule has 2 amide bonds. The van der Waals surface area contributed by atoms with E-state index in [9.17, 15) is 9.59 Å². The minimum absolute atomic E-state index is 0.00941. The number of amides is 2. The van der Waals surface area contributed by atoms with Crippen molar-refractivity contribution in [2.75, 3.05) is 14.2 Å². The molecule has 0 aliphatic heterocycles. The molecule has 31 heavy (non-hydrogen) atoms. The number of nitrogens with one attached hydrogen (secondary N) is 1. The third kappa shape index (κ3) is 7.17. The van der Waals surface area contributed by atoms with E-state index in [-0.39, 0.29) is 24.3 Å². The number of aryl methyl sites for hydroxylation is 1. The number of halogens is 1. The largest absolute Gasteiger partial charge is 0.493 e. The number of carbonyl (C=O) groups excluding carboxylic acids is 2. The van der Waals surface area contributed by atoms with Crippen molar-refractivity contribution in [2.24, 2.45) is 0 Å². The summed E-state index contributed by atoms with van der Waals surface area (Å²) in [7, 11) is 3.16. The number of methoxy groups -OCH3 is 2. The number of rotatable bonds is 10. The number of hydrogen-bond acceptors (Lipinski definition) is 4. The summed E-state index contributed by atoms with van der Waals surface area (Å²) in [4.78, 5) is 27.4. The molecule has 1 N–H and O–H groups in total. The van der Waals surface area contributed by atoms with Crippen molar-refractivity contribution in [3.05, 3.63) is 58.6 Å². The Morgan fingerprint density at radius 1 is 1.00 bits per heavy atom. The van der Waals surface area contributed by atoms with E-state index in [1.807, 2.05) is 50.2 Å². The summed E-state index contributed by atoms with van der Waals surface area (Å²) in [5, 5.41) is 3.48. The summed E-state index contributed by atoms with van der Waals surface area (Å²) >= 11 is 6.11. The van der Waals surface area contributed by atoms with Crippen LogP contribution in [0, 0.1) is 0 Å². The number of ether oxygens (including phenoxy) is 2. The van der Waals surface area contributed by atoms with Crippen molar-refractivity contribution in [3.63, 3.8) is 0 Å². The van der Waals surface area contributed by atoms with E-state index < -0.39 is 6.04 Å². The molecule has 2 aromatic rings. The summed E-state index contributed by atoms with van der Waals surface area (Å²) in [6.45, 7) is 5.84. The second kappa shape index (κ2) is 11.6. The molecule has 7 heteroatoms. The van der Waals surface area contributed by atoms with E-state index in [1.165, 1.54) is 0 Å². The Morgan fingerprint density at radius 2 is 1.71 bits per heavy atom. The van der Waals surface area contributed by atoms with Gasteiger partial charge >= 0.3 is 0 Å². The molecular weight excluding hydrogens is 416 g/mol. The topological polar surface area (TPSA) is 67.9 Å². The number of nitrogens with zero attached hydrogens (tertiary/aromatic N) is 1. The summed E-state index contributed by atoms with van der Waals surface area (Å²) in [5.41, 5.74) is 1.82. The standard InChI is InChI=1S/C24H31ClN2O4/c1-16(2)26-24(29)17(3)27(15-19-7-6-8-20(25)13-19)23(28)12-10-18-9-11-21(30-4)22(14-18)31-5/h6-9,11,13-14,16-17H,10,12,15H2,1-5H3,(H,26,29)/t17-/m0/s1. The second-order valence-electron chi connectivity index (χ2n) is 7.68. The highest BCUT2D eigenvalue weighted by atomic mass is 35.5. The molecule has 2 aromatic carbocycles. The summed E-state index contributed by atoms with van der Waals surface area (Å²) in [5.74, 6) is 0.963. The zero-order chi connectivity index (χ0) is 23.0. The highest BCUT2D eigenvalue weighted by Crippen LogP contribution is 2.28. The molecule has 0 fully saturated rings. The van der Waals surface area contributed by atoms with Gasteiger partial charge in [0, 0.05) is 24.0 Å². The van der Waals surface area contributed by atoms with Gasteiger partial charge < -0.3 is 19.7 Å². The monoisotopic (exact) mass is 446 g/mol. The van der Waals surface area contributed by atoms with Crippen molar-refractivity contribution >= 4 is 23.4 Å². The number of hydrogen-bond donors (Lipinski definition) is 1. The summed E-state index contributed by atoms with van der Waals surface area (Å²) in [6.07, 6.45) is 0.777. The van der Waals surface area contributed by atoms with Crippen LogP contribution in [0.25, 0.3) is 0 Å². The summed E-state index contributed by atoms with van der Waals surface area (Å²) < 4.78 is 10.6. The maximum atomic E-state index is 13.2. The van der Waals surface area contributed by atoms with Crippen LogP contribution in [0.15, 0.2) is 42.5 Å². The maximum absolute atomic E-state index is 13.2. The van der Waals surface area contributed by atoms with Gasteiger partial charge in [-0.25, -0.2) is 0 Å². The SMILES string of the molecule is COc1ccc(CCC(=O)N(Cc2cccc(Cl)c2)[C@@H](C)C(=O)NC(C)C)cc1OC. The number of benzene rings is 2. The van der Waals surface area contributed by atoms with Crippen molar-refractivity contribution in [3.8, 4) is 11.5 Å². The van der Waals surface area contributed by atoms with Crippen LogP contribution in [0.1, 0.15) is 38.3 Å². The fourth-order valence-electron chi connectivity index (χ4n) is 3.25. The molecule has 0 unspecified atom stereocenters. The first-order valence-electron chi connectivity index (χ1n) is 10.3. The lowest BCUT2D eigenvalue weighted by Gasteiger charge is -2.29. The van der Waals surface area contributed by atoms with E-state index in [2.05, 4.69) is 5.32 Å². The van der Waals surface area contributed by atoms with Gasteiger partial charge in [0.25, 0.3) is 0 Å². The Kier molecular flexibility index (Phi) is 9.19. The molecular formula is C24H31ClN2O4. The quantitative estimate of drug-likeness (QED) is 0.593. The molecule has 168 valence electrons. The second-order valence-corrected chi connectivity index (χ2v) is 8.12. The zero-order valence-electron chi connectivity index (χ0n) is 18.8. The van der Waals surface area contributed by atoms with E-state index in [4.69, 9.17) is 21.1 Å². The molecule has 0 saturated carbocycles. The Labute approximate surface area is 189 Å². The molecule has 2 rings (SSSR count). The Bertz CT molecular complexity index is 901. The number of carbonyl (C=O) groups is 2. The normalized spacial score (nSPS) is 11.7. The van der Waals surface area contributed by atoms with Crippen molar-refractivity contribution in [1.82, 2.24) is 10.2 Å². The lowest BCUT2D eigenvalue weighted by Crippen LogP contribution is -2.49. The van der Waals surface area contributed by atoms with Crippen LogP contribution >= 0.6 is 11.6 Å². The first-order valence-corrected chi connectivity index (χ1v) is 10.7. The lowest BCUT2D eigenvalue weighted by atomic mass is 10.1. The lowest BCUT2D eigenvalue weighted by molar-refractivity contribution is -0.140. The van der Waals surface area contributed by atoms with Crippen LogP contribution in [-0.2, 0) is 22.6 Å². The van der Waals surface area contributed by atoms with Crippen molar-refractivity contribution in [1.29, 1.82) is 0 Å². The van der Waals surface area contributed by atoms with Gasteiger partial charge in [-0.05, 0) is 62.6 Å². The van der Waals surface area contributed by atoms with E-state index in [0.29, 0.717) is 29.5 Å². The van der Waals surface area contributed by atoms with E-state index >= 15 is 0 Å². The zero-order valence-corrected chi connectivity index (χ0v) is 19.5. The maximum Gasteiger partial charge on any atom is 0.242 e. The van der Waals surface area contributed by atoms with Gasteiger partial charge in [-0.2, -0.15) is 0 Å². The van der Waals surface area contributed by atoms with Crippen LogP contribution in [0.2, 0.25) is 5.02 Å². The third-order valence-electron chi connectivity index (χ3n) is 4.92. The van der Waals surface area contributed by atoms with Crippen LogP contribution in [0.4, 0.5) is 0 Å². The minimum Gasteiger partial charge on any atom is -0.493 e. The third-order valence-corrected chi connectivity index (χ3v) is 5.15. The van der Waals surface area contributed by atoms with Crippen LogP contribution in [0.5, 0.6) is 11.5 Å². The molecule has 0 bridgehead atoms. The van der Waals surface area contributed by atoms with Crippen molar-refractivity contribution in [2.45, 2.75) is 52.2 Å². The molecule has 0 aromatic heterocycles. The van der Waals surface area contributed by atoms with Gasteiger partial charge in [0.15, 0.2) is 11.5 Å². The fourth-order valence-corrected chi connectivity index (χ4v) is 3.46. The molecule has 0 heterocycles. The molecule has 1 atom stereocenters. The summed E-state index contributed by atoms with van der Waals surface area (Å²) in [6, 6.07) is 12.3. The highest BCUT2D eigenvalue weighted by Gasteiger charge is 2.26. The Balaban J connectivity index is 2.17. The molecule has 6 nitrogen and oxygen atoms in total. The van der Waals surface area contributed by atoms with Gasteiger partial charge in [-0.15, -0.1) is 0 Å². The van der Waals surface area contributed by atoms with Gasteiger partial charge in [-0.1, -0.05) is 29.8 Å². The molecule has 0 saturated heterocycles. The Hall–Kier alpha value is -2.73. The average Bonchev–Trinajstić information content (AvgIpc) is 2.74. The molecule has 0 aliphatic rings. The molecule has 0 spiro atoms. The smallest absolute Gasteiger partial charge is 0.242 e. The van der Waals surface area contributed by atoms with Crippen LogP contribution in [-0.4, -0.2) is 43.0 Å². The molecule has 0 radical (unpaired) electrons. The Morgan fingerprint density at radius 3 is 2.32 bits per heavy atom. The average molecular weight is 447 g/mol. The van der Waals surface area contributed by atoms with Gasteiger partial charge in [-0.3, -0.25) is 9.59 Å². The van der Waals surface area contributed by atoms with Crippen LogP contribution in [0.3, 0.4) is 0 Å².